The summed E-state index contributed by atoms with van der Waals surface area (Å²) in [7, 11) is -6.28. The van der Waals surface area contributed by atoms with Crippen LogP contribution in [0.25, 0.3) is 0 Å². The molecule has 294 valence electrons. The fraction of sp³-hybridized carbons (Fsp3) is 0.452. The predicted molar refractivity (Wildman–Crippen MR) is 170 cm³/mol. The lowest BCUT2D eigenvalue weighted by Crippen LogP contribution is -2.48. The van der Waals surface area contributed by atoms with Crippen molar-refractivity contribution in [3.05, 3.63) is 70.9 Å². The van der Waals surface area contributed by atoms with E-state index in [1.165, 1.54) is 19.3 Å². The Labute approximate surface area is 300 Å². The van der Waals surface area contributed by atoms with Crippen LogP contribution in [-0.4, -0.2) is 83.1 Å². The lowest BCUT2D eigenvalue weighted by atomic mass is 9.91. The Hall–Kier alpha value is -4.93. The molecule has 0 spiro atoms. The maximum atomic E-state index is 14.0. The maximum Gasteiger partial charge on any atom is 0.534 e. The minimum absolute atomic E-state index is 0.0920. The second-order valence-corrected chi connectivity index (χ2v) is 13.8. The molecule has 0 aliphatic carbocycles. The van der Waals surface area contributed by atoms with Crippen LogP contribution >= 0.6 is 0 Å². The summed E-state index contributed by atoms with van der Waals surface area (Å²) in [5.41, 5.74) is -10.2. The standard InChI is InChI=1S/C31H30F9N7O6S/c1-3-20-13-22(26-23(47(20)28(49)50)4-5-24(44-26)53-54(51,52)31(38,39)40)43-25(17-10-18(29(32,33)34)12-19(11-17)30(35,36)37)27-41-14-21(15-42-27)46-8-6-45(7-9-46)16(2)48/h4-5,10-12,14-15,20,22,25,43H,3,6-9,13H2,1-2H3,(H,49,50)/t20-,22+,25?/m1/s1. The minimum atomic E-state index is -6.28. The number of fused-ring (bicyclic) bond motifs is 1. The third kappa shape index (κ3) is 8.55. The highest BCUT2D eigenvalue weighted by atomic mass is 32.2. The Bertz CT molecular complexity index is 1960. The molecule has 1 saturated heterocycles. The number of hydrogen-bond donors (Lipinski definition) is 2. The number of hydrogen-bond acceptors (Lipinski definition) is 10. The fourth-order valence-electron chi connectivity index (χ4n) is 6.15. The molecule has 2 N–H and O–H groups in total. The first-order valence-electron chi connectivity index (χ1n) is 15.9. The summed E-state index contributed by atoms with van der Waals surface area (Å²) in [5, 5.41) is 12.8. The zero-order valence-corrected chi connectivity index (χ0v) is 28.8. The van der Waals surface area contributed by atoms with Crippen LogP contribution in [0.5, 0.6) is 5.88 Å². The molecular formula is C31H30F9N7O6S. The summed E-state index contributed by atoms with van der Waals surface area (Å²) in [4.78, 5) is 40.6. The van der Waals surface area contributed by atoms with Crippen LogP contribution in [0.4, 0.5) is 55.7 Å². The van der Waals surface area contributed by atoms with Gasteiger partial charge in [-0.15, -0.1) is 0 Å². The first-order valence-corrected chi connectivity index (χ1v) is 17.3. The fourth-order valence-corrected chi connectivity index (χ4v) is 6.56. The molecule has 0 saturated carbocycles. The number of halogens is 9. The van der Waals surface area contributed by atoms with Crippen LogP contribution in [0, 0.1) is 0 Å². The molecule has 3 atom stereocenters. The molecule has 4 heterocycles. The van der Waals surface area contributed by atoms with E-state index in [0.717, 1.165) is 11.0 Å². The van der Waals surface area contributed by atoms with Gasteiger partial charge in [0.25, 0.3) is 0 Å². The number of anilines is 2. The molecule has 13 nitrogen and oxygen atoms in total. The van der Waals surface area contributed by atoms with Crippen molar-refractivity contribution in [2.75, 3.05) is 36.0 Å². The van der Waals surface area contributed by atoms with E-state index in [1.54, 1.807) is 16.7 Å². The van der Waals surface area contributed by atoms with Gasteiger partial charge in [-0.1, -0.05) is 6.92 Å². The van der Waals surface area contributed by atoms with Crippen LogP contribution in [0.2, 0.25) is 0 Å². The van der Waals surface area contributed by atoms with Crippen LogP contribution in [0.1, 0.15) is 67.0 Å². The summed E-state index contributed by atoms with van der Waals surface area (Å²) >= 11 is 0. The van der Waals surface area contributed by atoms with E-state index in [4.69, 9.17) is 0 Å². The van der Waals surface area contributed by atoms with E-state index in [2.05, 4.69) is 24.5 Å². The van der Waals surface area contributed by atoms with E-state index in [0.29, 0.717) is 50.1 Å². The molecule has 1 aromatic carbocycles. The average molecular weight is 800 g/mol. The first-order chi connectivity index (χ1) is 25.0. The topological polar surface area (TPSA) is 158 Å². The zero-order chi connectivity index (χ0) is 40.0. The molecule has 1 fully saturated rings. The van der Waals surface area contributed by atoms with E-state index >= 15 is 0 Å². The highest BCUT2D eigenvalue weighted by molar-refractivity contribution is 7.87. The van der Waals surface area contributed by atoms with Crippen LogP contribution in [-0.2, 0) is 27.3 Å². The predicted octanol–water partition coefficient (Wildman–Crippen LogP) is 5.89. The van der Waals surface area contributed by atoms with Crippen LogP contribution < -0.4 is 19.3 Å². The quantitative estimate of drug-likeness (QED) is 0.159. The largest absolute Gasteiger partial charge is 0.534 e. The van der Waals surface area contributed by atoms with E-state index < -0.39 is 80.5 Å². The highest BCUT2D eigenvalue weighted by Gasteiger charge is 2.49. The Morgan fingerprint density at radius 2 is 1.52 bits per heavy atom. The van der Waals surface area contributed by atoms with Crippen molar-refractivity contribution in [1.82, 2.24) is 25.2 Å². The Balaban J connectivity index is 1.64. The number of benzene rings is 1. The summed E-state index contributed by atoms with van der Waals surface area (Å²) in [5.74, 6) is -1.67. The molecule has 0 radical (unpaired) electrons. The lowest BCUT2D eigenvalue weighted by molar-refractivity contribution is -0.143. The van der Waals surface area contributed by atoms with Crippen molar-refractivity contribution in [3.8, 4) is 5.88 Å². The number of piperazine rings is 1. The molecule has 2 aliphatic heterocycles. The number of aromatic nitrogens is 3. The Morgan fingerprint density at radius 3 is 2.00 bits per heavy atom. The van der Waals surface area contributed by atoms with E-state index in [-0.39, 0.29) is 36.3 Å². The van der Waals surface area contributed by atoms with Crippen molar-refractivity contribution >= 4 is 33.5 Å². The first kappa shape index (κ1) is 40.3. The van der Waals surface area contributed by atoms with Gasteiger partial charge >= 0.3 is 34.1 Å². The second-order valence-electron chi connectivity index (χ2n) is 12.3. The van der Waals surface area contributed by atoms with Gasteiger partial charge in [-0.05, 0) is 42.7 Å². The zero-order valence-electron chi connectivity index (χ0n) is 28.0. The molecule has 23 heteroatoms. The molecule has 0 bridgehead atoms. The average Bonchev–Trinajstić information content (AvgIpc) is 3.08. The molecule has 3 aromatic rings. The van der Waals surface area contributed by atoms with Crippen molar-refractivity contribution < 1.29 is 66.8 Å². The number of carboxylic acid groups (broad SMARTS) is 1. The summed E-state index contributed by atoms with van der Waals surface area (Å²) in [6.07, 6.45) is -9.76. The number of nitrogens with zero attached hydrogens (tertiary/aromatic N) is 6. The Morgan fingerprint density at radius 1 is 0.944 bits per heavy atom. The van der Waals surface area contributed by atoms with Crippen molar-refractivity contribution in [2.45, 2.75) is 62.7 Å². The van der Waals surface area contributed by atoms with Gasteiger partial charge in [0.05, 0.1) is 52.7 Å². The molecule has 1 unspecified atom stereocenters. The third-order valence-corrected chi connectivity index (χ3v) is 9.77. The van der Waals surface area contributed by atoms with E-state index in [9.17, 15) is 62.6 Å². The third-order valence-electron chi connectivity index (χ3n) is 8.81. The monoisotopic (exact) mass is 799 g/mol. The van der Waals surface area contributed by atoms with Gasteiger partial charge in [-0.2, -0.15) is 47.9 Å². The van der Waals surface area contributed by atoms with Gasteiger partial charge in [0, 0.05) is 45.2 Å². The molecular weight excluding hydrogens is 769 g/mol. The summed E-state index contributed by atoms with van der Waals surface area (Å²) < 4.78 is 151. The second kappa shape index (κ2) is 14.7. The molecule has 2 aliphatic rings. The number of rotatable bonds is 8. The van der Waals surface area contributed by atoms with Gasteiger partial charge in [-0.3, -0.25) is 15.0 Å². The number of amides is 2. The van der Waals surface area contributed by atoms with E-state index in [1.807, 2.05) is 0 Å². The molecule has 54 heavy (non-hydrogen) atoms. The molecule has 2 amide bonds. The number of carbonyl (C=O) groups excluding carboxylic acids is 1. The summed E-state index contributed by atoms with van der Waals surface area (Å²) in [6.45, 7) is 4.37. The lowest BCUT2D eigenvalue weighted by Gasteiger charge is -2.39. The molecule has 5 rings (SSSR count). The van der Waals surface area contributed by atoms with Gasteiger partial charge in [0.1, 0.15) is 5.82 Å². The number of alkyl halides is 9. The van der Waals surface area contributed by atoms with Crippen molar-refractivity contribution in [1.29, 1.82) is 0 Å². The summed E-state index contributed by atoms with van der Waals surface area (Å²) in [6, 6.07) is -1.71. The number of nitrogens with one attached hydrogen (secondary N) is 1. The maximum absolute atomic E-state index is 14.0. The highest BCUT2D eigenvalue weighted by Crippen LogP contribution is 2.43. The number of pyridine rings is 1. The van der Waals surface area contributed by atoms with Crippen LogP contribution in [0.15, 0.2) is 42.7 Å². The van der Waals surface area contributed by atoms with Crippen molar-refractivity contribution in [2.24, 2.45) is 0 Å². The van der Waals surface area contributed by atoms with Crippen LogP contribution in [0.3, 0.4) is 0 Å². The number of carbonyl (C=O) groups is 2. The van der Waals surface area contributed by atoms with Gasteiger partial charge in [0.15, 0.2) is 0 Å². The molecule has 2 aromatic heterocycles. The SMILES string of the molecule is CC[C@@H]1C[C@H](NC(c2cc(C(F)(F)F)cc(C(F)(F)F)c2)c2ncc(N3CCN(C(C)=O)CC3)cn2)c2nc(OS(=O)(=O)C(F)(F)F)ccc2N1C(=O)O. The smallest absolute Gasteiger partial charge is 0.465 e. The van der Waals surface area contributed by atoms with Gasteiger partial charge in [-0.25, -0.2) is 19.7 Å². The minimum Gasteiger partial charge on any atom is -0.465 e. The Kier molecular flexibility index (Phi) is 11.0. The normalized spacial score (nSPS) is 19.0. The van der Waals surface area contributed by atoms with Gasteiger partial charge < -0.3 is 19.1 Å². The van der Waals surface area contributed by atoms with Gasteiger partial charge in [0.2, 0.25) is 11.8 Å². The van der Waals surface area contributed by atoms with Crippen molar-refractivity contribution in [3.63, 3.8) is 0 Å².